The second kappa shape index (κ2) is 6.51. The SMILES string of the molecule is CCc1nc(N2CCNCC2)c2c3c(sc2n1)C[C@H](C(C)(C)C)CC3. The van der Waals surface area contributed by atoms with Crippen molar-refractivity contribution < 1.29 is 0 Å². The molecular formula is C20H30N4S. The molecule has 4 rings (SSSR count). The molecule has 25 heavy (non-hydrogen) atoms. The summed E-state index contributed by atoms with van der Waals surface area (Å²) in [5, 5.41) is 4.82. The van der Waals surface area contributed by atoms with Gasteiger partial charge >= 0.3 is 0 Å². The third-order valence-electron chi connectivity index (χ3n) is 5.89. The molecule has 1 aliphatic carbocycles. The number of fused-ring (bicyclic) bond motifs is 3. The molecule has 3 heterocycles. The number of hydrogen-bond donors (Lipinski definition) is 1. The summed E-state index contributed by atoms with van der Waals surface area (Å²) in [6.45, 7) is 13.5. The lowest BCUT2D eigenvalue weighted by molar-refractivity contribution is 0.218. The summed E-state index contributed by atoms with van der Waals surface area (Å²) in [7, 11) is 0. The fraction of sp³-hybridized carbons (Fsp3) is 0.700. The van der Waals surface area contributed by atoms with Gasteiger partial charge in [-0.3, -0.25) is 0 Å². The smallest absolute Gasteiger partial charge is 0.141 e. The highest BCUT2D eigenvalue weighted by atomic mass is 32.1. The molecular weight excluding hydrogens is 328 g/mol. The second-order valence-corrected chi connectivity index (χ2v) is 9.63. The molecule has 4 nitrogen and oxygen atoms in total. The first-order valence-corrected chi connectivity index (χ1v) is 10.6. The van der Waals surface area contributed by atoms with Gasteiger partial charge in [0.25, 0.3) is 0 Å². The molecule has 0 spiro atoms. The van der Waals surface area contributed by atoms with Gasteiger partial charge in [-0.15, -0.1) is 11.3 Å². The van der Waals surface area contributed by atoms with Gasteiger partial charge in [0.1, 0.15) is 16.5 Å². The third-order valence-corrected chi connectivity index (χ3v) is 7.04. The van der Waals surface area contributed by atoms with Crippen LogP contribution in [0.1, 0.15) is 50.4 Å². The van der Waals surface area contributed by atoms with E-state index < -0.39 is 0 Å². The monoisotopic (exact) mass is 358 g/mol. The largest absolute Gasteiger partial charge is 0.353 e. The first-order chi connectivity index (χ1) is 12.0. The summed E-state index contributed by atoms with van der Waals surface area (Å²) in [5.74, 6) is 2.97. The van der Waals surface area contributed by atoms with E-state index in [1.165, 1.54) is 35.3 Å². The number of nitrogens with zero attached hydrogens (tertiary/aromatic N) is 3. The van der Waals surface area contributed by atoms with Crippen LogP contribution in [0.5, 0.6) is 0 Å². The van der Waals surface area contributed by atoms with Gasteiger partial charge in [-0.2, -0.15) is 0 Å². The number of aromatic nitrogens is 2. The highest BCUT2D eigenvalue weighted by Crippen LogP contribution is 2.45. The van der Waals surface area contributed by atoms with Crippen molar-refractivity contribution in [3.8, 4) is 0 Å². The Hall–Kier alpha value is -1.20. The van der Waals surface area contributed by atoms with Gasteiger partial charge in [-0.25, -0.2) is 9.97 Å². The Kier molecular flexibility index (Phi) is 4.49. The van der Waals surface area contributed by atoms with Gasteiger partial charge in [0, 0.05) is 37.5 Å². The van der Waals surface area contributed by atoms with Gasteiger partial charge < -0.3 is 10.2 Å². The van der Waals surface area contributed by atoms with E-state index in [4.69, 9.17) is 9.97 Å². The summed E-state index contributed by atoms with van der Waals surface area (Å²) in [4.78, 5) is 15.2. The number of aryl methyl sites for hydroxylation is 2. The third kappa shape index (κ3) is 3.17. The molecule has 1 fully saturated rings. The van der Waals surface area contributed by atoms with Gasteiger partial charge in [-0.05, 0) is 36.2 Å². The normalized spacial score (nSPS) is 21.6. The maximum atomic E-state index is 4.98. The minimum atomic E-state index is 0.384. The van der Waals surface area contributed by atoms with E-state index in [0.29, 0.717) is 5.41 Å². The summed E-state index contributed by atoms with van der Waals surface area (Å²) in [6, 6.07) is 0. The van der Waals surface area contributed by atoms with Crippen molar-refractivity contribution in [3.63, 3.8) is 0 Å². The first kappa shape index (κ1) is 17.2. The number of thiophene rings is 1. The first-order valence-electron chi connectivity index (χ1n) is 9.74. The zero-order valence-electron chi connectivity index (χ0n) is 16.0. The zero-order valence-corrected chi connectivity index (χ0v) is 16.8. The van der Waals surface area contributed by atoms with Crippen LogP contribution in [0.2, 0.25) is 0 Å². The Balaban J connectivity index is 1.81. The fourth-order valence-electron chi connectivity index (χ4n) is 4.20. The average Bonchev–Trinajstić information content (AvgIpc) is 2.98. The van der Waals surface area contributed by atoms with Crippen molar-refractivity contribution in [2.24, 2.45) is 11.3 Å². The van der Waals surface area contributed by atoms with Crippen molar-refractivity contribution in [3.05, 3.63) is 16.3 Å². The predicted octanol–water partition coefficient (Wildman–Crippen LogP) is 3.81. The topological polar surface area (TPSA) is 41.1 Å². The average molecular weight is 359 g/mol. The molecule has 2 aliphatic rings. The van der Waals surface area contributed by atoms with Gasteiger partial charge in [0.15, 0.2) is 0 Å². The van der Waals surface area contributed by atoms with Crippen molar-refractivity contribution in [2.75, 3.05) is 31.1 Å². The standard InChI is InChI=1S/C20H30N4S/c1-5-16-22-18(24-10-8-21-9-11-24)17-14-7-6-13(20(2,3)4)12-15(14)25-19(17)23-16/h13,21H,5-12H2,1-4H3/t13-/m1/s1. The molecule has 0 radical (unpaired) electrons. The summed E-state index contributed by atoms with van der Waals surface area (Å²) in [6.07, 6.45) is 4.59. The number of rotatable bonds is 2. The van der Waals surface area contributed by atoms with E-state index >= 15 is 0 Å². The maximum Gasteiger partial charge on any atom is 0.141 e. The Labute approximate surface area is 155 Å². The Morgan fingerprint density at radius 3 is 2.64 bits per heavy atom. The molecule has 0 saturated carbocycles. The quantitative estimate of drug-likeness (QED) is 0.886. The Morgan fingerprint density at radius 2 is 1.96 bits per heavy atom. The molecule has 5 heteroatoms. The molecule has 2 aromatic rings. The zero-order chi connectivity index (χ0) is 17.6. The van der Waals surface area contributed by atoms with Gasteiger partial charge in [0.05, 0.1) is 5.39 Å². The summed E-state index contributed by atoms with van der Waals surface area (Å²) >= 11 is 1.93. The van der Waals surface area contributed by atoms with Crippen LogP contribution < -0.4 is 10.2 Å². The molecule has 136 valence electrons. The van der Waals surface area contributed by atoms with Crippen molar-refractivity contribution in [2.45, 2.75) is 53.4 Å². The van der Waals surface area contributed by atoms with Crippen LogP contribution in [0.25, 0.3) is 10.2 Å². The Bertz CT molecular complexity index is 768. The van der Waals surface area contributed by atoms with Crippen LogP contribution in [0.15, 0.2) is 0 Å². The maximum absolute atomic E-state index is 4.98. The lowest BCUT2D eigenvalue weighted by atomic mass is 9.72. The highest BCUT2D eigenvalue weighted by molar-refractivity contribution is 7.19. The van der Waals surface area contributed by atoms with Crippen molar-refractivity contribution in [1.29, 1.82) is 0 Å². The van der Waals surface area contributed by atoms with Crippen molar-refractivity contribution in [1.82, 2.24) is 15.3 Å². The van der Waals surface area contributed by atoms with Crippen LogP contribution in [-0.2, 0) is 19.3 Å². The summed E-state index contributed by atoms with van der Waals surface area (Å²) in [5.41, 5.74) is 1.94. The molecule has 0 amide bonds. The number of anilines is 1. The number of nitrogens with one attached hydrogen (secondary N) is 1. The molecule has 0 bridgehead atoms. The lowest BCUT2D eigenvalue weighted by Crippen LogP contribution is -2.44. The van der Waals surface area contributed by atoms with E-state index in [1.54, 1.807) is 10.4 Å². The molecule has 1 saturated heterocycles. The summed E-state index contributed by atoms with van der Waals surface area (Å²) < 4.78 is 0. The van der Waals surface area contributed by atoms with E-state index in [2.05, 4.69) is 37.9 Å². The molecule has 0 aromatic carbocycles. The van der Waals surface area contributed by atoms with Crippen LogP contribution in [0.4, 0.5) is 5.82 Å². The lowest BCUT2D eigenvalue weighted by Gasteiger charge is -2.34. The van der Waals surface area contributed by atoms with E-state index in [9.17, 15) is 0 Å². The molecule has 0 unspecified atom stereocenters. The minimum Gasteiger partial charge on any atom is -0.353 e. The van der Waals surface area contributed by atoms with Gasteiger partial charge in [-0.1, -0.05) is 27.7 Å². The van der Waals surface area contributed by atoms with Crippen molar-refractivity contribution >= 4 is 27.4 Å². The van der Waals surface area contributed by atoms with Crippen LogP contribution >= 0.6 is 11.3 Å². The molecule has 1 aliphatic heterocycles. The second-order valence-electron chi connectivity index (χ2n) is 8.54. The van der Waals surface area contributed by atoms with E-state index in [0.717, 1.165) is 44.3 Å². The van der Waals surface area contributed by atoms with Crippen LogP contribution in [0, 0.1) is 11.3 Å². The molecule has 1 atom stereocenters. The Morgan fingerprint density at radius 1 is 1.20 bits per heavy atom. The van der Waals surface area contributed by atoms with Crippen LogP contribution in [-0.4, -0.2) is 36.1 Å². The highest BCUT2D eigenvalue weighted by Gasteiger charge is 2.32. The van der Waals surface area contributed by atoms with E-state index in [-0.39, 0.29) is 0 Å². The molecule has 1 N–H and O–H groups in total. The minimum absolute atomic E-state index is 0.384. The predicted molar refractivity (Wildman–Crippen MR) is 107 cm³/mol. The van der Waals surface area contributed by atoms with E-state index in [1.807, 2.05) is 11.3 Å². The molecule has 2 aromatic heterocycles. The fourth-order valence-corrected chi connectivity index (χ4v) is 5.52. The number of hydrogen-bond acceptors (Lipinski definition) is 5. The number of piperazine rings is 1. The van der Waals surface area contributed by atoms with Crippen LogP contribution in [0.3, 0.4) is 0 Å². The van der Waals surface area contributed by atoms with Gasteiger partial charge in [0.2, 0.25) is 0 Å².